The lowest BCUT2D eigenvalue weighted by Gasteiger charge is -2.19. The number of anilines is 1. The van der Waals surface area contributed by atoms with Gasteiger partial charge in [-0.05, 0) is 25.0 Å². The third-order valence-electron chi connectivity index (χ3n) is 3.18. The highest BCUT2D eigenvalue weighted by atomic mass is 16.5. The maximum absolute atomic E-state index is 11.0. The number of nitrogens with zero attached hydrogens (tertiary/aromatic N) is 1. The van der Waals surface area contributed by atoms with Crippen molar-refractivity contribution in [3.05, 3.63) is 29.8 Å². The Labute approximate surface area is 102 Å². The second kappa shape index (κ2) is 5.82. The Balaban J connectivity index is 1.99. The topological polar surface area (TPSA) is 29.5 Å². The van der Waals surface area contributed by atoms with Crippen LogP contribution >= 0.6 is 0 Å². The molecule has 3 heteroatoms. The van der Waals surface area contributed by atoms with Crippen molar-refractivity contribution in [3.63, 3.8) is 0 Å². The average Bonchev–Trinajstić information content (AvgIpc) is 2.73. The van der Waals surface area contributed by atoms with Crippen LogP contribution in [0.3, 0.4) is 0 Å². The molecule has 0 aliphatic carbocycles. The van der Waals surface area contributed by atoms with Crippen LogP contribution in [0.2, 0.25) is 0 Å². The Hall–Kier alpha value is -1.35. The number of aldehydes is 1. The second-order valence-corrected chi connectivity index (χ2v) is 4.30. The van der Waals surface area contributed by atoms with Crippen molar-refractivity contribution >= 4 is 12.0 Å². The molecule has 0 spiro atoms. The summed E-state index contributed by atoms with van der Waals surface area (Å²) in [5.74, 6) is 0.0401. The first-order chi connectivity index (χ1) is 8.36. The number of carbonyl (C=O) groups is 1. The first-order valence-electron chi connectivity index (χ1n) is 6.23. The van der Waals surface area contributed by atoms with E-state index in [1.54, 1.807) is 0 Å². The minimum Gasteiger partial charge on any atom is -0.382 e. The molecule has 1 aromatic rings. The molecule has 0 bridgehead atoms. The van der Waals surface area contributed by atoms with Gasteiger partial charge in [0, 0.05) is 32.0 Å². The Morgan fingerprint density at radius 1 is 1.47 bits per heavy atom. The van der Waals surface area contributed by atoms with Crippen molar-refractivity contribution in [3.8, 4) is 0 Å². The Bertz CT molecular complexity index is 378. The molecule has 0 radical (unpaired) electrons. The highest BCUT2D eigenvalue weighted by molar-refractivity contribution is 5.74. The number of carbonyl (C=O) groups excluding carboxylic acids is 1. The van der Waals surface area contributed by atoms with E-state index in [4.69, 9.17) is 4.74 Å². The predicted octanol–water partition coefficient (Wildman–Crippen LogP) is 2.22. The monoisotopic (exact) mass is 233 g/mol. The normalized spacial score (nSPS) is 18.2. The van der Waals surface area contributed by atoms with Gasteiger partial charge in [-0.25, -0.2) is 0 Å². The van der Waals surface area contributed by atoms with Crippen molar-refractivity contribution in [1.82, 2.24) is 0 Å². The SMILES string of the molecule is CCOCCCN1CC(C=O)c2ccccc21. The lowest BCUT2D eigenvalue weighted by Crippen LogP contribution is -2.24. The van der Waals surface area contributed by atoms with E-state index in [1.807, 2.05) is 19.1 Å². The third-order valence-corrected chi connectivity index (χ3v) is 3.18. The molecule has 0 saturated heterocycles. The van der Waals surface area contributed by atoms with Crippen LogP contribution in [0.1, 0.15) is 24.8 Å². The smallest absolute Gasteiger partial charge is 0.129 e. The molecule has 92 valence electrons. The minimum atomic E-state index is 0.0401. The summed E-state index contributed by atoms with van der Waals surface area (Å²) in [6.45, 7) is 5.35. The summed E-state index contributed by atoms with van der Waals surface area (Å²) in [5, 5.41) is 0. The van der Waals surface area contributed by atoms with E-state index in [1.165, 1.54) is 11.3 Å². The van der Waals surface area contributed by atoms with Gasteiger partial charge < -0.3 is 14.4 Å². The summed E-state index contributed by atoms with van der Waals surface area (Å²) in [5.41, 5.74) is 2.38. The summed E-state index contributed by atoms with van der Waals surface area (Å²) in [6.07, 6.45) is 2.06. The van der Waals surface area contributed by atoms with Crippen LogP contribution in [0.4, 0.5) is 5.69 Å². The quantitative estimate of drug-likeness (QED) is 0.557. The van der Waals surface area contributed by atoms with Crippen LogP contribution in [0.25, 0.3) is 0 Å². The fourth-order valence-electron chi connectivity index (χ4n) is 2.35. The molecular formula is C14H19NO2. The van der Waals surface area contributed by atoms with Crippen molar-refractivity contribution in [2.75, 3.05) is 31.2 Å². The fraction of sp³-hybridized carbons (Fsp3) is 0.500. The molecule has 17 heavy (non-hydrogen) atoms. The van der Waals surface area contributed by atoms with E-state index in [0.717, 1.165) is 39.0 Å². The highest BCUT2D eigenvalue weighted by Crippen LogP contribution is 2.34. The lowest BCUT2D eigenvalue weighted by atomic mass is 10.0. The number of fused-ring (bicyclic) bond motifs is 1. The number of hydrogen-bond acceptors (Lipinski definition) is 3. The molecule has 0 saturated carbocycles. The van der Waals surface area contributed by atoms with Gasteiger partial charge in [-0.3, -0.25) is 0 Å². The van der Waals surface area contributed by atoms with Gasteiger partial charge in [0.15, 0.2) is 0 Å². The van der Waals surface area contributed by atoms with E-state index in [2.05, 4.69) is 17.0 Å². The number of ether oxygens (including phenoxy) is 1. The maximum Gasteiger partial charge on any atom is 0.129 e. The molecule has 0 amide bonds. The van der Waals surface area contributed by atoms with Crippen LogP contribution < -0.4 is 4.90 Å². The van der Waals surface area contributed by atoms with E-state index < -0.39 is 0 Å². The van der Waals surface area contributed by atoms with Crippen LogP contribution in [-0.2, 0) is 9.53 Å². The molecule has 0 aromatic heterocycles. The van der Waals surface area contributed by atoms with E-state index in [-0.39, 0.29) is 5.92 Å². The molecule has 1 atom stereocenters. The van der Waals surface area contributed by atoms with Gasteiger partial charge in [0.1, 0.15) is 6.29 Å². The van der Waals surface area contributed by atoms with Crippen molar-refractivity contribution in [1.29, 1.82) is 0 Å². The molecule has 0 fully saturated rings. The Kier molecular flexibility index (Phi) is 4.15. The molecule has 0 N–H and O–H groups in total. The van der Waals surface area contributed by atoms with Gasteiger partial charge in [-0.2, -0.15) is 0 Å². The first-order valence-corrected chi connectivity index (χ1v) is 6.23. The predicted molar refractivity (Wildman–Crippen MR) is 68.6 cm³/mol. The largest absolute Gasteiger partial charge is 0.382 e. The number of para-hydroxylation sites is 1. The maximum atomic E-state index is 11.0. The molecule has 1 aromatic carbocycles. The Morgan fingerprint density at radius 3 is 3.06 bits per heavy atom. The zero-order valence-electron chi connectivity index (χ0n) is 10.3. The molecule has 1 aliphatic rings. The summed E-state index contributed by atoms with van der Waals surface area (Å²) in [6, 6.07) is 8.18. The number of hydrogen-bond donors (Lipinski definition) is 0. The van der Waals surface area contributed by atoms with Crippen molar-refractivity contribution in [2.24, 2.45) is 0 Å². The zero-order chi connectivity index (χ0) is 12.1. The third kappa shape index (κ3) is 2.67. The molecule has 1 unspecified atom stereocenters. The average molecular weight is 233 g/mol. The van der Waals surface area contributed by atoms with Crippen molar-refractivity contribution < 1.29 is 9.53 Å². The van der Waals surface area contributed by atoms with Crippen LogP contribution in [0, 0.1) is 0 Å². The standard InChI is InChI=1S/C14H19NO2/c1-2-17-9-5-8-15-10-12(11-16)13-6-3-4-7-14(13)15/h3-4,6-7,11-12H,2,5,8-10H2,1H3. The van der Waals surface area contributed by atoms with Gasteiger partial charge >= 0.3 is 0 Å². The highest BCUT2D eigenvalue weighted by Gasteiger charge is 2.27. The van der Waals surface area contributed by atoms with E-state index in [9.17, 15) is 4.79 Å². The van der Waals surface area contributed by atoms with Crippen LogP contribution in [0.5, 0.6) is 0 Å². The minimum absolute atomic E-state index is 0.0401. The van der Waals surface area contributed by atoms with Crippen LogP contribution in [-0.4, -0.2) is 32.6 Å². The first kappa shape index (κ1) is 12.1. The summed E-state index contributed by atoms with van der Waals surface area (Å²) >= 11 is 0. The number of benzene rings is 1. The fourth-order valence-corrected chi connectivity index (χ4v) is 2.35. The van der Waals surface area contributed by atoms with Gasteiger partial charge in [-0.1, -0.05) is 18.2 Å². The summed E-state index contributed by atoms with van der Waals surface area (Å²) in [4.78, 5) is 13.3. The van der Waals surface area contributed by atoms with E-state index in [0.29, 0.717) is 0 Å². The Morgan fingerprint density at radius 2 is 2.29 bits per heavy atom. The van der Waals surface area contributed by atoms with Gasteiger partial charge in [-0.15, -0.1) is 0 Å². The zero-order valence-corrected chi connectivity index (χ0v) is 10.3. The molecular weight excluding hydrogens is 214 g/mol. The van der Waals surface area contributed by atoms with Gasteiger partial charge in [0.2, 0.25) is 0 Å². The molecule has 1 heterocycles. The van der Waals surface area contributed by atoms with E-state index >= 15 is 0 Å². The lowest BCUT2D eigenvalue weighted by molar-refractivity contribution is -0.108. The van der Waals surface area contributed by atoms with Gasteiger partial charge in [0.05, 0.1) is 5.92 Å². The number of rotatable bonds is 6. The van der Waals surface area contributed by atoms with Gasteiger partial charge in [0.25, 0.3) is 0 Å². The second-order valence-electron chi connectivity index (χ2n) is 4.30. The molecule has 2 rings (SSSR count). The molecule has 3 nitrogen and oxygen atoms in total. The van der Waals surface area contributed by atoms with Crippen LogP contribution in [0.15, 0.2) is 24.3 Å². The summed E-state index contributed by atoms with van der Waals surface area (Å²) in [7, 11) is 0. The van der Waals surface area contributed by atoms with Crippen molar-refractivity contribution in [2.45, 2.75) is 19.3 Å². The molecule has 1 aliphatic heterocycles. The summed E-state index contributed by atoms with van der Waals surface area (Å²) < 4.78 is 5.34.